The van der Waals surface area contributed by atoms with Crippen molar-refractivity contribution in [3.8, 4) is 0 Å². The van der Waals surface area contributed by atoms with Crippen molar-refractivity contribution in [3.63, 3.8) is 0 Å². The first-order chi connectivity index (χ1) is 12.4. The predicted molar refractivity (Wildman–Crippen MR) is 105 cm³/mol. The van der Waals surface area contributed by atoms with Crippen LogP contribution in [0.1, 0.15) is 63.0 Å². The summed E-state index contributed by atoms with van der Waals surface area (Å²) < 4.78 is 11.8. The molecule has 5 nitrogen and oxygen atoms in total. The predicted octanol–water partition coefficient (Wildman–Crippen LogP) is 3.61. The quantitative estimate of drug-likeness (QED) is 0.346. The van der Waals surface area contributed by atoms with Crippen molar-refractivity contribution < 1.29 is 19.5 Å². The van der Waals surface area contributed by atoms with Gasteiger partial charge in [-0.25, -0.2) is 0 Å². The Morgan fingerprint density at radius 1 is 1.08 bits per heavy atom. The van der Waals surface area contributed by atoms with Gasteiger partial charge in [-0.1, -0.05) is 69.7 Å². The molecule has 2 atom stereocenters. The van der Waals surface area contributed by atoms with Gasteiger partial charge in [0.05, 0.1) is 0 Å². The third kappa shape index (κ3) is 5.64. The van der Waals surface area contributed by atoms with E-state index in [-0.39, 0.29) is 6.54 Å². The van der Waals surface area contributed by atoms with Gasteiger partial charge >= 0.3 is 7.60 Å². The van der Waals surface area contributed by atoms with Gasteiger partial charge in [0.1, 0.15) is 0 Å². The summed E-state index contributed by atoms with van der Waals surface area (Å²) in [6, 6.07) is 8.10. The zero-order valence-corrected chi connectivity index (χ0v) is 16.8. The Bertz CT molecular complexity index is 603. The molecule has 1 aliphatic heterocycles. The molecule has 148 valence electrons. The highest BCUT2D eigenvalue weighted by Gasteiger charge is 2.54. The van der Waals surface area contributed by atoms with Crippen molar-refractivity contribution in [1.29, 1.82) is 0 Å². The first-order valence-corrected chi connectivity index (χ1v) is 11.5. The second-order valence-electron chi connectivity index (χ2n) is 7.59. The van der Waals surface area contributed by atoms with E-state index in [0.717, 1.165) is 18.4 Å². The van der Waals surface area contributed by atoms with Gasteiger partial charge < -0.3 is 20.2 Å². The molecule has 0 saturated carbocycles. The number of aliphatic hydroxyl groups is 1. The Hall–Kier alpha value is -0.710. The summed E-state index contributed by atoms with van der Waals surface area (Å²) in [6.07, 6.45) is 10.3. The number of hydrogen-bond acceptors (Lipinski definition) is 3. The van der Waals surface area contributed by atoms with E-state index in [4.69, 9.17) is 0 Å². The standard InChI is InChI=1S/C20H34NO4P/c1-2-3-4-5-6-7-8-11-17-12-9-10-13-18(17)14-19-15-21-16-20(19,22)26(23,24)25/h9-10,12-13,19,21-22H,2-8,11,14-16H2,1H3,(H2,23,24,25). The lowest BCUT2D eigenvalue weighted by Crippen LogP contribution is -2.38. The van der Waals surface area contributed by atoms with Gasteiger partial charge in [-0.2, -0.15) is 0 Å². The van der Waals surface area contributed by atoms with E-state index in [1.807, 2.05) is 18.2 Å². The molecule has 2 unspecified atom stereocenters. The number of benzene rings is 1. The zero-order chi connectivity index (χ0) is 19.0. The van der Waals surface area contributed by atoms with Gasteiger partial charge in [0.2, 0.25) is 0 Å². The normalized spacial score (nSPS) is 23.5. The minimum absolute atomic E-state index is 0.0537. The minimum Gasteiger partial charge on any atom is -0.376 e. The molecule has 1 heterocycles. The molecule has 0 bridgehead atoms. The topological polar surface area (TPSA) is 89.8 Å². The summed E-state index contributed by atoms with van der Waals surface area (Å²) in [7, 11) is -4.58. The van der Waals surface area contributed by atoms with E-state index in [1.54, 1.807) is 0 Å². The molecule has 0 aromatic heterocycles. The summed E-state index contributed by atoms with van der Waals surface area (Å²) in [5.41, 5.74) is 2.33. The third-order valence-corrected chi connectivity index (χ3v) is 7.10. The van der Waals surface area contributed by atoms with Crippen molar-refractivity contribution in [2.24, 2.45) is 5.92 Å². The van der Waals surface area contributed by atoms with Crippen LogP contribution in [0, 0.1) is 5.92 Å². The third-order valence-electron chi connectivity index (χ3n) is 5.57. The van der Waals surface area contributed by atoms with E-state index in [0.29, 0.717) is 13.0 Å². The molecule has 26 heavy (non-hydrogen) atoms. The van der Waals surface area contributed by atoms with Crippen LogP contribution < -0.4 is 5.32 Å². The van der Waals surface area contributed by atoms with Gasteiger partial charge in [0.15, 0.2) is 5.34 Å². The maximum Gasteiger partial charge on any atom is 0.358 e. The molecule has 6 heteroatoms. The van der Waals surface area contributed by atoms with Crippen molar-refractivity contribution >= 4 is 7.60 Å². The summed E-state index contributed by atoms with van der Waals surface area (Å²) >= 11 is 0. The van der Waals surface area contributed by atoms with Gasteiger partial charge in [0.25, 0.3) is 0 Å². The van der Waals surface area contributed by atoms with Crippen LogP contribution in [0.25, 0.3) is 0 Å². The van der Waals surface area contributed by atoms with Crippen LogP contribution in [0.15, 0.2) is 24.3 Å². The Balaban J connectivity index is 1.91. The van der Waals surface area contributed by atoms with Gasteiger partial charge in [-0.3, -0.25) is 4.57 Å². The van der Waals surface area contributed by atoms with Crippen LogP contribution in [0.5, 0.6) is 0 Å². The second kappa shape index (κ2) is 10.0. The van der Waals surface area contributed by atoms with Crippen molar-refractivity contribution in [1.82, 2.24) is 5.32 Å². The van der Waals surface area contributed by atoms with Crippen LogP contribution in [-0.2, 0) is 17.4 Å². The van der Waals surface area contributed by atoms with E-state index in [1.165, 1.54) is 44.1 Å². The van der Waals surface area contributed by atoms with Crippen molar-refractivity contribution in [3.05, 3.63) is 35.4 Å². The Morgan fingerprint density at radius 2 is 1.69 bits per heavy atom. The minimum atomic E-state index is -4.58. The smallest absolute Gasteiger partial charge is 0.358 e. The maximum absolute atomic E-state index is 11.8. The summed E-state index contributed by atoms with van der Waals surface area (Å²) in [4.78, 5) is 19.2. The zero-order valence-electron chi connectivity index (χ0n) is 15.9. The average molecular weight is 383 g/mol. The number of aryl methyl sites for hydroxylation is 1. The molecule has 1 fully saturated rings. The fraction of sp³-hybridized carbons (Fsp3) is 0.700. The Kier molecular flexibility index (Phi) is 8.31. The number of nitrogens with one attached hydrogen (secondary N) is 1. The molecule has 0 spiro atoms. The molecule has 0 radical (unpaired) electrons. The van der Waals surface area contributed by atoms with E-state index in [2.05, 4.69) is 18.3 Å². The number of hydrogen-bond donors (Lipinski definition) is 4. The first kappa shape index (κ1) is 21.6. The molecule has 1 aromatic rings. The molecular weight excluding hydrogens is 349 g/mol. The highest BCUT2D eigenvalue weighted by atomic mass is 31.2. The van der Waals surface area contributed by atoms with Crippen LogP contribution in [0.3, 0.4) is 0 Å². The van der Waals surface area contributed by atoms with Gasteiger partial charge in [0, 0.05) is 19.0 Å². The molecule has 1 aliphatic rings. The van der Waals surface area contributed by atoms with E-state index < -0.39 is 18.9 Å². The fourth-order valence-electron chi connectivity index (χ4n) is 3.85. The summed E-state index contributed by atoms with van der Waals surface area (Å²) in [6.45, 7) is 2.60. The summed E-state index contributed by atoms with van der Waals surface area (Å²) in [5, 5.41) is 11.5. The monoisotopic (exact) mass is 383 g/mol. The number of β-amino-alcohol motifs (C(OH)–C–C–N with tert-alkyl or cyclic N) is 1. The molecule has 0 amide bonds. The van der Waals surface area contributed by atoms with E-state index >= 15 is 0 Å². The van der Waals surface area contributed by atoms with Crippen molar-refractivity contribution in [2.45, 2.75) is 70.1 Å². The van der Waals surface area contributed by atoms with Crippen LogP contribution in [-0.4, -0.2) is 33.3 Å². The van der Waals surface area contributed by atoms with Crippen LogP contribution >= 0.6 is 7.60 Å². The second-order valence-corrected chi connectivity index (χ2v) is 9.46. The van der Waals surface area contributed by atoms with Gasteiger partial charge in [-0.05, 0) is 30.4 Å². The SMILES string of the molecule is CCCCCCCCCc1ccccc1CC1CNCC1(O)P(=O)(O)O. The molecule has 1 aromatic carbocycles. The Morgan fingerprint density at radius 3 is 2.35 bits per heavy atom. The lowest BCUT2D eigenvalue weighted by molar-refractivity contribution is 0.0686. The lowest BCUT2D eigenvalue weighted by Gasteiger charge is -2.30. The highest BCUT2D eigenvalue weighted by molar-refractivity contribution is 7.53. The molecule has 1 saturated heterocycles. The van der Waals surface area contributed by atoms with Crippen molar-refractivity contribution in [2.75, 3.05) is 13.1 Å². The number of unbranched alkanes of at least 4 members (excludes halogenated alkanes) is 6. The molecule has 0 aliphatic carbocycles. The molecule has 2 rings (SSSR count). The molecule has 4 N–H and O–H groups in total. The number of rotatable bonds is 11. The van der Waals surface area contributed by atoms with Crippen LogP contribution in [0.2, 0.25) is 0 Å². The lowest BCUT2D eigenvalue weighted by atomic mass is 9.91. The average Bonchev–Trinajstić information content (AvgIpc) is 2.97. The first-order valence-electron chi connectivity index (χ1n) is 9.94. The maximum atomic E-state index is 11.8. The summed E-state index contributed by atoms with van der Waals surface area (Å²) in [5.74, 6) is -0.474. The highest BCUT2D eigenvalue weighted by Crippen LogP contribution is 2.54. The molecular formula is C20H34NO4P. The van der Waals surface area contributed by atoms with Gasteiger partial charge in [-0.15, -0.1) is 0 Å². The van der Waals surface area contributed by atoms with Crippen LogP contribution in [0.4, 0.5) is 0 Å². The van der Waals surface area contributed by atoms with E-state index in [9.17, 15) is 19.5 Å². The fourth-order valence-corrected chi connectivity index (χ4v) is 4.83. The Labute approximate surface area is 157 Å². The largest absolute Gasteiger partial charge is 0.376 e.